The third kappa shape index (κ3) is 3.05. The van der Waals surface area contributed by atoms with Gasteiger partial charge in [0.05, 0.1) is 11.3 Å². The molecule has 1 aromatic heterocycles. The molecule has 0 spiro atoms. The van der Waals surface area contributed by atoms with Crippen molar-refractivity contribution in [1.29, 1.82) is 0 Å². The molecule has 0 amide bonds. The minimum Gasteiger partial charge on any atom is -0.398 e. The molecule has 0 saturated carbocycles. The summed E-state index contributed by atoms with van der Waals surface area (Å²) < 4.78 is 24.2. The molecule has 0 radical (unpaired) electrons. The number of nitrogen functional groups attached to an aromatic ring is 1. The molecule has 2 rings (SSSR count). The Morgan fingerprint density at radius 3 is 2.57 bits per heavy atom. The van der Waals surface area contributed by atoms with Gasteiger partial charge in [0.2, 0.25) is 0 Å². The van der Waals surface area contributed by atoms with Gasteiger partial charge in [0.1, 0.15) is 0 Å². The second kappa shape index (κ2) is 5.10. The van der Waals surface area contributed by atoms with Gasteiger partial charge in [-0.05, 0) is 42.8 Å². The van der Waals surface area contributed by atoms with E-state index in [1.807, 2.05) is 19.1 Å². The van der Waals surface area contributed by atoms with E-state index in [0.717, 1.165) is 11.1 Å². The molecule has 1 heterocycles. The van der Waals surface area contributed by atoms with Crippen LogP contribution in [0.1, 0.15) is 19.4 Å². The molecule has 8 heteroatoms. The number of hydrogen-bond donors (Lipinski definition) is 1. The minimum absolute atomic E-state index is 0.169. The Morgan fingerprint density at radius 2 is 2.00 bits per heavy atom. The number of aromatic nitrogens is 4. The first-order chi connectivity index (χ1) is 9.62. The normalized spacial score (nSPS) is 12.6. The number of nitrogens with zero attached hydrogens (tertiary/aromatic N) is 4. The van der Waals surface area contributed by atoms with Crippen molar-refractivity contribution in [1.82, 2.24) is 20.2 Å². The SMILES string of the molecule is Cc1ccc(-c2nnnn2CC(C)(C)S(C)(=O)=O)cc1N. The number of rotatable bonds is 4. The molecule has 1 aromatic carbocycles. The lowest BCUT2D eigenvalue weighted by Gasteiger charge is -2.22. The molecule has 2 aromatic rings. The van der Waals surface area contributed by atoms with Gasteiger partial charge in [-0.15, -0.1) is 5.10 Å². The molecule has 114 valence electrons. The first kappa shape index (κ1) is 15.4. The van der Waals surface area contributed by atoms with E-state index in [1.54, 1.807) is 19.9 Å². The predicted octanol–water partition coefficient (Wildman–Crippen LogP) is 1.05. The van der Waals surface area contributed by atoms with Crippen molar-refractivity contribution in [3.05, 3.63) is 23.8 Å². The van der Waals surface area contributed by atoms with Crippen LogP contribution in [0.5, 0.6) is 0 Å². The van der Waals surface area contributed by atoms with Crippen LogP contribution in [-0.2, 0) is 16.4 Å². The van der Waals surface area contributed by atoms with Crippen LogP contribution in [0.15, 0.2) is 18.2 Å². The van der Waals surface area contributed by atoms with Crippen LogP contribution in [0.3, 0.4) is 0 Å². The Hall–Kier alpha value is -1.96. The molecule has 0 aliphatic carbocycles. The van der Waals surface area contributed by atoms with Crippen molar-refractivity contribution in [2.24, 2.45) is 0 Å². The van der Waals surface area contributed by atoms with Crippen molar-refractivity contribution in [2.45, 2.75) is 32.1 Å². The van der Waals surface area contributed by atoms with Gasteiger partial charge in [-0.1, -0.05) is 12.1 Å². The first-order valence-electron chi connectivity index (χ1n) is 6.44. The van der Waals surface area contributed by atoms with Gasteiger partial charge in [0.25, 0.3) is 0 Å². The van der Waals surface area contributed by atoms with Gasteiger partial charge in [-0.25, -0.2) is 13.1 Å². The minimum atomic E-state index is -3.23. The zero-order chi connectivity index (χ0) is 15.8. The molecular weight excluding hydrogens is 290 g/mol. The summed E-state index contributed by atoms with van der Waals surface area (Å²) in [7, 11) is -3.23. The summed E-state index contributed by atoms with van der Waals surface area (Å²) in [5.41, 5.74) is 8.27. The first-order valence-corrected chi connectivity index (χ1v) is 8.33. The summed E-state index contributed by atoms with van der Waals surface area (Å²) in [6.07, 6.45) is 1.21. The van der Waals surface area contributed by atoms with Gasteiger partial charge in [-0.2, -0.15) is 0 Å². The number of aryl methyl sites for hydroxylation is 1. The molecule has 0 saturated heterocycles. The van der Waals surface area contributed by atoms with E-state index in [0.29, 0.717) is 11.5 Å². The van der Waals surface area contributed by atoms with Crippen LogP contribution < -0.4 is 5.73 Å². The molecule has 0 aliphatic heterocycles. The highest BCUT2D eigenvalue weighted by molar-refractivity contribution is 7.92. The Balaban J connectivity index is 2.42. The highest BCUT2D eigenvalue weighted by Crippen LogP contribution is 2.24. The van der Waals surface area contributed by atoms with Crippen LogP contribution in [-0.4, -0.2) is 39.6 Å². The Bertz CT molecular complexity index is 765. The number of nitrogens with two attached hydrogens (primary N) is 1. The summed E-state index contributed by atoms with van der Waals surface area (Å²) in [5, 5.41) is 11.5. The zero-order valence-corrected chi connectivity index (χ0v) is 13.3. The molecule has 7 nitrogen and oxygen atoms in total. The second-order valence-electron chi connectivity index (χ2n) is 5.76. The summed E-state index contributed by atoms with van der Waals surface area (Å²) in [5.74, 6) is 0.499. The summed E-state index contributed by atoms with van der Waals surface area (Å²) >= 11 is 0. The summed E-state index contributed by atoms with van der Waals surface area (Å²) in [4.78, 5) is 0. The van der Waals surface area contributed by atoms with E-state index in [1.165, 1.54) is 10.9 Å². The number of anilines is 1. The standard InChI is InChI=1S/C13H19N5O2S/c1-9-5-6-10(7-11(9)14)12-15-16-17-18(12)8-13(2,3)21(4,19)20/h5-7H,8,14H2,1-4H3. The van der Waals surface area contributed by atoms with Crippen LogP contribution in [0.2, 0.25) is 0 Å². The summed E-state index contributed by atoms with van der Waals surface area (Å²) in [6, 6.07) is 5.53. The lowest BCUT2D eigenvalue weighted by atomic mass is 10.1. The fourth-order valence-corrected chi connectivity index (χ4v) is 2.13. The molecular formula is C13H19N5O2S. The predicted molar refractivity (Wildman–Crippen MR) is 81.3 cm³/mol. The van der Waals surface area contributed by atoms with Crippen LogP contribution in [0.25, 0.3) is 11.4 Å². The Morgan fingerprint density at radius 1 is 1.33 bits per heavy atom. The quantitative estimate of drug-likeness (QED) is 0.847. The van der Waals surface area contributed by atoms with Gasteiger partial charge in [0, 0.05) is 17.5 Å². The van der Waals surface area contributed by atoms with E-state index in [4.69, 9.17) is 5.73 Å². The monoisotopic (exact) mass is 309 g/mol. The van der Waals surface area contributed by atoms with E-state index in [9.17, 15) is 8.42 Å². The lowest BCUT2D eigenvalue weighted by molar-refractivity contribution is 0.471. The van der Waals surface area contributed by atoms with Crippen LogP contribution in [0, 0.1) is 6.92 Å². The topological polar surface area (TPSA) is 104 Å². The van der Waals surface area contributed by atoms with E-state index in [2.05, 4.69) is 15.5 Å². The molecule has 0 bridgehead atoms. The Kier molecular flexibility index (Phi) is 3.75. The van der Waals surface area contributed by atoms with Crippen molar-refractivity contribution in [3.8, 4) is 11.4 Å². The third-order valence-corrected chi connectivity index (χ3v) is 5.74. The zero-order valence-electron chi connectivity index (χ0n) is 12.5. The molecule has 21 heavy (non-hydrogen) atoms. The van der Waals surface area contributed by atoms with Crippen molar-refractivity contribution >= 4 is 15.5 Å². The maximum absolute atomic E-state index is 11.8. The van der Waals surface area contributed by atoms with Gasteiger partial charge in [-0.3, -0.25) is 0 Å². The highest BCUT2D eigenvalue weighted by Gasteiger charge is 2.32. The molecule has 2 N–H and O–H groups in total. The molecule has 0 fully saturated rings. The highest BCUT2D eigenvalue weighted by atomic mass is 32.2. The Labute approximate surface area is 124 Å². The van der Waals surface area contributed by atoms with Crippen LogP contribution >= 0.6 is 0 Å². The van der Waals surface area contributed by atoms with Crippen LogP contribution in [0.4, 0.5) is 5.69 Å². The van der Waals surface area contributed by atoms with Gasteiger partial charge < -0.3 is 5.73 Å². The van der Waals surface area contributed by atoms with Gasteiger partial charge >= 0.3 is 0 Å². The third-order valence-electron chi connectivity index (χ3n) is 3.60. The molecule has 0 atom stereocenters. The number of benzene rings is 1. The fourth-order valence-electron chi connectivity index (χ4n) is 1.78. The fraction of sp³-hybridized carbons (Fsp3) is 0.462. The van der Waals surface area contributed by atoms with Crippen molar-refractivity contribution in [3.63, 3.8) is 0 Å². The van der Waals surface area contributed by atoms with E-state index < -0.39 is 14.6 Å². The lowest BCUT2D eigenvalue weighted by Crippen LogP contribution is -2.36. The average Bonchev–Trinajstić information content (AvgIpc) is 2.78. The van der Waals surface area contributed by atoms with E-state index >= 15 is 0 Å². The summed E-state index contributed by atoms with van der Waals surface area (Å²) in [6.45, 7) is 5.38. The smallest absolute Gasteiger partial charge is 0.182 e. The van der Waals surface area contributed by atoms with E-state index in [-0.39, 0.29) is 6.54 Å². The number of tetrazole rings is 1. The maximum atomic E-state index is 11.8. The molecule has 0 aliphatic rings. The number of hydrogen-bond acceptors (Lipinski definition) is 6. The average molecular weight is 309 g/mol. The number of sulfone groups is 1. The maximum Gasteiger partial charge on any atom is 0.182 e. The second-order valence-corrected chi connectivity index (χ2v) is 8.41. The van der Waals surface area contributed by atoms with Crippen molar-refractivity contribution in [2.75, 3.05) is 12.0 Å². The largest absolute Gasteiger partial charge is 0.398 e. The van der Waals surface area contributed by atoms with Gasteiger partial charge in [0.15, 0.2) is 15.7 Å². The molecule has 0 unspecified atom stereocenters. The van der Waals surface area contributed by atoms with Crippen molar-refractivity contribution < 1.29 is 8.42 Å².